The highest BCUT2D eigenvalue weighted by Gasteiger charge is 2.24. The zero-order valence-corrected chi connectivity index (χ0v) is 20.2. The molecule has 1 amide bonds. The number of carbonyl (C=O) groups excluding carboxylic acids is 1. The number of ether oxygens (including phenoxy) is 1. The molecule has 0 unspecified atom stereocenters. The molecular formula is C18H40IN5O2. The fraction of sp³-hybridized carbons (Fsp3) is 0.889. The van der Waals surface area contributed by atoms with Crippen LogP contribution >= 0.6 is 24.0 Å². The second kappa shape index (κ2) is 13.4. The van der Waals surface area contributed by atoms with Crippen LogP contribution in [0.1, 0.15) is 54.9 Å². The molecule has 0 aromatic heterocycles. The van der Waals surface area contributed by atoms with Gasteiger partial charge in [0.25, 0.3) is 0 Å². The molecule has 0 atom stereocenters. The van der Waals surface area contributed by atoms with Crippen molar-refractivity contribution < 1.29 is 9.53 Å². The van der Waals surface area contributed by atoms with E-state index >= 15 is 0 Å². The standard InChI is InChI=1S/C18H39N5O2.HI/c1-9-23(10-2)13-11-12-20-15(19-8)21-14-18(6,7)22-16(24)25-17(3,4)5;/h9-14H2,1-8H3,(H,22,24)(H2,19,20,21);1H. The van der Waals surface area contributed by atoms with E-state index in [9.17, 15) is 4.79 Å². The number of guanidine groups is 1. The van der Waals surface area contributed by atoms with E-state index in [2.05, 4.69) is 39.7 Å². The molecule has 0 radical (unpaired) electrons. The zero-order chi connectivity index (χ0) is 19.5. The second-order valence-electron chi connectivity index (χ2n) is 7.74. The predicted octanol–water partition coefficient (Wildman–Crippen LogP) is 2.80. The summed E-state index contributed by atoms with van der Waals surface area (Å²) in [4.78, 5) is 18.5. The van der Waals surface area contributed by atoms with Crippen molar-refractivity contribution in [3.63, 3.8) is 0 Å². The number of rotatable bonds is 9. The highest BCUT2D eigenvalue weighted by Crippen LogP contribution is 2.09. The molecule has 0 aliphatic heterocycles. The molecule has 0 bridgehead atoms. The van der Waals surface area contributed by atoms with Crippen molar-refractivity contribution in [2.45, 2.75) is 66.0 Å². The first-order valence-corrected chi connectivity index (χ1v) is 9.21. The molecule has 3 N–H and O–H groups in total. The maximum Gasteiger partial charge on any atom is 0.408 e. The summed E-state index contributed by atoms with van der Waals surface area (Å²) in [5, 5.41) is 9.43. The van der Waals surface area contributed by atoms with Gasteiger partial charge >= 0.3 is 6.09 Å². The van der Waals surface area contributed by atoms with Crippen LogP contribution in [0.15, 0.2) is 4.99 Å². The Labute approximate surface area is 177 Å². The molecular weight excluding hydrogens is 445 g/mol. The minimum absolute atomic E-state index is 0. The molecule has 0 aromatic rings. The fourth-order valence-electron chi connectivity index (χ4n) is 2.20. The number of nitrogens with zero attached hydrogens (tertiary/aromatic N) is 2. The highest BCUT2D eigenvalue weighted by atomic mass is 127. The van der Waals surface area contributed by atoms with Crippen molar-refractivity contribution in [2.75, 3.05) is 39.8 Å². The van der Waals surface area contributed by atoms with E-state index in [1.54, 1.807) is 7.05 Å². The lowest BCUT2D eigenvalue weighted by molar-refractivity contribution is 0.0474. The van der Waals surface area contributed by atoms with Crippen LogP contribution in [0.5, 0.6) is 0 Å². The van der Waals surface area contributed by atoms with Crippen molar-refractivity contribution in [1.29, 1.82) is 0 Å². The first-order valence-electron chi connectivity index (χ1n) is 9.21. The van der Waals surface area contributed by atoms with Crippen molar-refractivity contribution >= 4 is 36.0 Å². The quantitative estimate of drug-likeness (QED) is 0.203. The molecule has 0 heterocycles. The molecule has 0 saturated carbocycles. The van der Waals surface area contributed by atoms with Crippen molar-refractivity contribution in [3.8, 4) is 0 Å². The molecule has 7 nitrogen and oxygen atoms in total. The van der Waals surface area contributed by atoms with Crippen LogP contribution in [0.2, 0.25) is 0 Å². The molecule has 0 aromatic carbocycles. The molecule has 156 valence electrons. The van der Waals surface area contributed by atoms with E-state index in [1.165, 1.54) is 0 Å². The van der Waals surface area contributed by atoms with Gasteiger partial charge in [-0.1, -0.05) is 13.8 Å². The molecule has 0 spiro atoms. The second-order valence-corrected chi connectivity index (χ2v) is 7.74. The number of carbonyl (C=O) groups is 1. The van der Waals surface area contributed by atoms with Gasteiger partial charge in [0.2, 0.25) is 0 Å². The minimum Gasteiger partial charge on any atom is -0.444 e. The average Bonchev–Trinajstić information content (AvgIpc) is 2.47. The highest BCUT2D eigenvalue weighted by molar-refractivity contribution is 14.0. The Bertz CT molecular complexity index is 418. The van der Waals surface area contributed by atoms with E-state index in [1.807, 2.05) is 34.6 Å². The molecule has 0 fully saturated rings. The van der Waals surface area contributed by atoms with Gasteiger partial charge in [0, 0.05) is 20.1 Å². The number of hydrogen-bond acceptors (Lipinski definition) is 4. The van der Waals surface area contributed by atoms with Crippen LogP contribution in [-0.2, 0) is 4.74 Å². The Balaban J connectivity index is 0. The average molecular weight is 485 g/mol. The van der Waals surface area contributed by atoms with Crippen LogP contribution in [-0.4, -0.2) is 67.9 Å². The van der Waals surface area contributed by atoms with Crippen molar-refractivity contribution in [3.05, 3.63) is 0 Å². The predicted molar refractivity (Wildman–Crippen MR) is 121 cm³/mol. The van der Waals surface area contributed by atoms with Crippen LogP contribution in [0.4, 0.5) is 4.79 Å². The largest absolute Gasteiger partial charge is 0.444 e. The Morgan fingerprint density at radius 3 is 2.12 bits per heavy atom. The first-order chi connectivity index (χ1) is 11.5. The topological polar surface area (TPSA) is 78.0 Å². The molecule has 0 aliphatic carbocycles. The first kappa shape index (κ1) is 27.4. The van der Waals surface area contributed by atoms with Crippen LogP contribution in [0, 0.1) is 0 Å². The Morgan fingerprint density at radius 2 is 1.65 bits per heavy atom. The normalized spacial score (nSPS) is 12.4. The van der Waals surface area contributed by atoms with Crippen molar-refractivity contribution in [2.24, 2.45) is 4.99 Å². The Morgan fingerprint density at radius 1 is 1.08 bits per heavy atom. The van der Waals surface area contributed by atoms with E-state index in [0.29, 0.717) is 6.54 Å². The third kappa shape index (κ3) is 14.4. The Kier molecular flexibility index (Phi) is 14.2. The fourth-order valence-corrected chi connectivity index (χ4v) is 2.20. The number of aliphatic imine (C=N–C) groups is 1. The smallest absolute Gasteiger partial charge is 0.408 e. The zero-order valence-electron chi connectivity index (χ0n) is 17.9. The minimum atomic E-state index is -0.504. The van der Waals surface area contributed by atoms with Gasteiger partial charge in [-0.15, -0.1) is 24.0 Å². The van der Waals surface area contributed by atoms with Crippen molar-refractivity contribution in [1.82, 2.24) is 20.9 Å². The van der Waals surface area contributed by atoms with Gasteiger partial charge in [0.05, 0.1) is 5.54 Å². The number of halogens is 1. The number of nitrogens with one attached hydrogen (secondary N) is 3. The lowest BCUT2D eigenvalue weighted by atomic mass is 10.1. The summed E-state index contributed by atoms with van der Waals surface area (Å²) in [5.41, 5.74) is -0.961. The third-order valence-electron chi connectivity index (χ3n) is 3.60. The van der Waals surface area contributed by atoms with Gasteiger partial charge in [0.1, 0.15) is 5.60 Å². The number of hydrogen-bond donors (Lipinski definition) is 3. The summed E-state index contributed by atoms with van der Waals surface area (Å²) in [5.74, 6) is 0.735. The monoisotopic (exact) mass is 485 g/mol. The molecule has 8 heteroatoms. The number of alkyl carbamates (subject to hydrolysis) is 1. The van der Waals surface area contributed by atoms with Gasteiger partial charge in [-0.3, -0.25) is 4.99 Å². The maximum atomic E-state index is 11.9. The molecule has 26 heavy (non-hydrogen) atoms. The van der Waals surface area contributed by atoms with Crippen LogP contribution in [0.25, 0.3) is 0 Å². The van der Waals surface area contributed by atoms with Gasteiger partial charge in [-0.2, -0.15) is 0 Å². The van der Waals surface area contributed by atoms with E-state index in [0.717, 1.165) is 38.6 Å². The van der Waals surface area contributed by atoms with Crippen LogP contribution in [0.3, 0.4) is 0 Å². The third-order valence-corrected chi connectivity index (χ3v) is 3.60. The molecule has 0 rings (SSSR count). The number of amides is 1. The van der Waals surface area contributed by atoms with Gasteiger partial charge in [-0.05, 0) is 60.7 Å². The SMILES string of the molecule is CCN(CC)CCCNC(=NC)NCC(C)(C)NC(=O)OC(C)(C)C.I. The summed E-state index contributed by atoms with van der Waals surface area (Å²) in [7, 11) is 1.74. The molecule has 0 aliphatic rings. The van der Waals surface area contributed by atoms with Gasteiger partial charge in [0.15, 0.2) is 5.96 Å². The van der Waals surface area contributed by atoms with Gasteiger partial charge < -0.3 is 25.6 Å². The summed E-state index contributed by atoms with van der Waals surface area (Å²) >= 11 is 0. The Hall–Kier alpha value is -0.770. The van der Waals surface area contributed by atoms with Gasteiger partial charge in [-0.25, -0.2) is 4.79 Å². The summed E-state index contributed by atoms with van der Waals surface area (Å²) in [6.07, 6.45) is 0.642. The maximum absolute atomic E-state index is 11.9. The van der Waals surface area contributed by atoms with E-state index < -0.39 is 17.2 Å². The summed E-state index contributed by atoms with van der Waals surface area (Å²) in [6.45, 7) is 18.4. The molecule has 0 saturated heterocycles. The van der Waals surface area contributed by atoms with E-state index in [-0.39, 0.29) is 24.0 Å². The summed E-state index contributed by atoms with van der Waals surface area (Å²) in [6, 6.07) is 0. The summed E-state index contributed by atoms with van der Waals surface area (Å²) < 4.78 is 5.30. The lowest BCUT2D eigenvalue weighted by Crippen LogP contribution is -2.54. The van der Waals surface area contributed by atoms with Crippen LogP contribution < -0.4 is 16.0 Å². The lowest BCUT2D eigenvalue weighted by Gasteiger charge is -2.29. The van der Waals surface area contributed by atoms with E-state index in [4.69, 9.17) is 4.74 Å².